The molecule has 1 unspecified atom stereocenters. The number of aryl methyl sites for hydroxylation is 1. The monoisotopic (exact) mass is 505 g/mol. The molecule has 0 aliphatic rings. The average molecular weight is 506 g/mol. The van der Waals surface area contributed by atoms with Crippen LogP contribution in [0.1, 0.15) is 12.6 Å². The van der Waals surface area contributed by atoms with Crippen LogP contribution in [0.15, 0.2) is 64.1 Å². The van der Waals surface area contributed by atoms with Gasteiger partial charge >= 0.3 is 6.18 Å². The molecule has 0 saturated carbocycles. The predicted octanol–water partition coefficient (Wildman–Crippen LogP) is 5.32. The molecular weight excluding hydrogens is 484 g/mol. The zero-order valence-electron chi connectivity index (χ0n) is 19.1. The van der Waals surface area contributed by atoms with Gasteiger partial charge in [-0.05, 0) is 37.8 Å². The summed E-state index contributed by atoms with van der Waals surface area (Å²) in [5, 5.41) is 1.57. The molecule has 3 aromatic heterocycles. The van der Waals surface area contributed by atoms with Crippen molar-refractivity contribution in [1.29, 1.82) is 0 Å². The van der Waals surface area contributed by atoms with E-state index >= 15 is 0 Å². The minimum atomic E-state index is -4.73. The Kier molecular flexibility index (Phi) is 6.56. The molecule has 0 saturated heterocycles. The van der Waals surface area contributed by atoms with Crippen LogP contribution in [0.3, 0.4) is 0 Å². The standard InChI is InChI=1S/C24H21F4N4O2S/c1-5-32-19(24(26,27)28)13-17-21(23(32)33)31(3)22(30-17)20-18(35(6-2)34-4)11-10-16(29-20)14-8-7-9-15(25)12-14/h6-13H,2,5H2,1,3-4H3/q+1. The Morgan fingerprint density at radius 3 is 2.51 bits per heavy atom. The van der Waals surface area contributed by atoms with Crippen molar-refractivity contribution in [2.45, 2.75) is 24.5 Å². The predicted molar refractivity (Wildman–Crippen MR) is 127 cm³/mol. The van der Waals surface area contributed by atoms with E-state index in [1.165, 1.54) is 30.7 Å². The summed E-state index contributed by atoms with van der Waals surface area (Å²) >= 11 is -0.932. The van der Waals surface area contributed by atoms with Crippen LogP contribution in [0.2, 0.25) is 0 Å². The summed E-state index contributed by atoms with van der Waals surface area (Å²) in [4.78, 5) is 22.7. The maximum absolute atomic E-state index is 13.8. The Morgan fingerprint density at radius 2 is 1.91 bits per heavy atom. The highest BCUT2D eigenvalue weighted by Gasteiger charge is 2.36. The Hall–Kier alpha value is -3.44. The number of aromatic nitrogens is 4. The lowest BCUT2D eigenvalue weighted by Gasteiger charge is -2.14. The third kappa shape index (κ3) is 4.37. The second-order valence-electron chi connectivity index (χ2n) is 7.49. The lowest BCUT2D eigenvalue weighted by Crippen LogP contribution is -2.28. The molecule has 0 spiro atoms. The molecule has 35 heavy (non-hydrogen) atoms. The Labute approximate surface area is 201 Å². The smallest absolute Gasteiger partial charge is 0.321 e. The highest BCUT2D eigenvalue weighted by atomic mass is 32.2. The molecule has 0 aliphatic carbocycles. The molecule has 0 N–H and O–H groups in total. The largest absolute Gasteiger partial charge is 0.431 e. The number of imidazole rings is 1. The van der Waals surface area contributed by atoms with Gasteiger partial charge in [-0.15, -0.1) is 0 Å². The Balaban J connectivity index is 2.04. The Bertz CT molecular complexity index is 1490. The third-order valence-electron chi connectivity index (χ3n) is 5.48. The van der Waals surface area contributed by atoms with Gasteiger partial charge in [0.25, 0.3) is 5.56 Å². The molecule has 0 radical (unpaired) electrons. The minimum absolute atomic E-state index is 0.00895. The van der Waals surface area contributed by atoms with Gasteiger partial charge in [0.2, 0.25) is 16.1 Å². The van der Waals surface area contributed by atoms with Crippen LogP contribution in [0.4, 0.5) is 17.6 Å². The zero-order valence-corrected chi connectivity index (χ0v) is 19.9. The SMILES string of the molecule is C=C[S+](OC)c1ccc(-c2cccc(F)c2)nc1-c1nc2cc(C(F)(F)F)n(CC)c(=O)c2n1C. The van der Waals surface area contributed by atoms with E-state index < -0.39 is 34.4 Å². The van der Waals surface area contributed by atoms with Crippen LogP contribution in [-0.4, -0.2) is 26.2 Å². The molecule has 4 aromatic rings. The fourth-order valence-corrected chi connectivity index (χ4v) is 4.93. The van der Waals surface area contributed by atoms with E-state index in [0.29, 0.717) is 20.7 Å². The first-order chi connectivity index (χ1) is 16.6. The fourth-order valence-electron chi connectivity index (χ4n) is 3.90. The molecule has 1 atom stereocenters. The van der Waals surface area contributed by atoms with E-state index in [2.05, 4.69) is 16.5 Å². The summed E-state index contributed by atoms with van der Waals surface area (Å²) in [6, 6.07) is 10.1. The van der Waals surface area contributed by atoms with Crippen molar-refractivity contribution >= 4 is 22.2 Å². The molecule has 3 heterocycles. The molecule has 4 rings (SSSR count). The summed E-state index contributed by atoms with van der Waals surface area (Å²) in [6.07, 6.45) is -4.73. The normalized spacial score (nSPS) is 12.8. The van der Waals surface area contributed by atoms with Crippen molar-refractivity contribution < 1.29 is 21.7 Å². The van der Waals surface area contributed by atoms with Gasteiger partial charge in [0.05, 0.1) is 18.3 Å². The highest BCUT2D eigenvalue weighted by Crippen LogP contribution is 2.34. The van der Waals surface area contributed by atoms with Crippen LogP contribution >= 0.6 is 0 Å². The molecule has 6 nitrogen and oxygen atoms in total. The highest BCUT2D eigenvalue weighted by molar-refractivity contribution is 7.95. The van der Waals surface area contributed by atoms with Gasteiger partial charge < -0.3 is 9.13 Å². The van der Waals surface area contributed by atoms with Crippen LogP contribution in [0.5, 0.6) is 0 Å². The van der Waals surface area contributed by atoms with E-state index in [9.17, 15) is 22.4 Å². The number of hydrogen-bond acceptors (Lipinski definition) is 4. The number of benzene rings is 1. The number of nitrogens with zero attached hydrogens (tertiary/aromatic N) is 4. The number of halogens is 4. The number of pyridine rings is 2. The van der Waals surface area contributed by atoms with Crippen LogP contribution < -0.4 is 5.56 Å². The van der Waals surface area contributed by atoms with Crippen molar-refractivity contribution in [3.63, 3.8) is 0 Å². The van der Waals surface area contributed by atoms with Crippen LogP contribution in [0.25, 0.3) is 33.8 Å². The molecule has 0 fully saturated rings. The summed E-state index contributed by atoms with van der Waals surface area (Å²) in [5.41, 5.74) is -0.783. The first-order valence-electron chi connectivity index (χ1n) is 10.5. The minimum Gasteiger partial charge on any atom is -0.321 e. The summed E-state index contributed by atoms with van der Waals surface area (Å²) in [6.45, 7) is 5.09. The van der Waals surface area contributed by atoms with Gasteiger partial charge in [0.1, 0.15) is 17.0 Å². The first-order valence-corrected chi connectivity index (χ1v) is 11.7. The fraction of sp³-hybridized carbons (Fsp3) is 0.208. The van der Waals surface area contributed by atoms with Gasteiger partial charge in [0.15, 0.2) is 16.9 Å². The maximum atomic E-state index is 13.8. The second kappa shape index (κ2) is 9.31. The van der Waals surface area contributed by atoms with Gasteiger partial charge in [0, 0.05) is 25.2 Å². The molecular formula is C24H21F4N4O2S+. The number of fused-ring (bicyclic) bond motifs is 1. The van der Waals surface area contributed by atoms with E-state index in [1.54, 1.807) is 36.7 Å². The summed E-state index contributed by atoms with van der Waals surface area (Å²) in [5.74, 6) is -0.274. The maximum Gasteiger partial charge on any atom is 0.431 e. The van der Waals surface area contributed by atoms with Crippen molar-refractivity contribution in [3.8, 4) is 22.8 Å². The van der Waals surface area contributed by atoms with Gasteiger partial charge in [-0.1, -0.05) is 12.1 Å². The zero-order chi connectivity index (χ0) is 25.5. The number of alkyl halides is 3. The molecule has 0 aliphatic heterocycles. The molecule has 11 heteroatoms. The first kappa shape index (κ1) is 24.7. The van der Waals surface area contributed by atoms with E-state index in [1.807, 2.05) is 0 Å². The molecule has 1 aromatic carbocycles. The van der Waals surface area contributed by atoms with Crippen LogP contribution in [-0.2, 0) is 35.1 Å². The summed E-state index contributed by atoms with van der Waals surface area (Å²) in [7, 11) is 3.03. The molecule has 0 amide bonds. The Morgan fingerprint density at radius 1 is 1.17 bits per heavy atom. The number of hydrogen-bond donors (Lipinski definition) is 0. The quantitative estimate of drug-likeness (QED) is 0.263. The van der Waals surface area contributed by atoms with E-state index in [4.69, 9.17) is 4.18 Å². The van der Waals surface area contributed by atoms with E-state index in [-0.39, 0.29) is 29.1 Å². The van der Waals surface area contributed by atoms with Crippen molar-refractivity contribution in [3.05, 3.63) is 76.3 Å². The van der Waals surface area contributed by atoms with Crippen LogP contribution in [0, 0.1) is 5.82 Å². The van der Waals surface area contributed by atoms with Gasteiger partial charge in [-0.3, -0.25) is 4.79 Å². The summed E-state index contributed by atoms with van der Waals surface area (Å²) < 4.78 is 62.4. The second-order valence-corrected chi connectivity index (χ2v) is 9.19. The van der Waals surface area contributed by atoms with E-state index in [0.717, 1.165) is 6.07 Å². The molecule has 0 bridgehead atoms. The molecule has 182 valence electrons. The van der Waals surface area contributed by atoms with Crippen molar-refractivity contribution in [1.82, 2.24) is 19.1 Å². The van der Waals surface area contributed by atoms with Gasteiger partial charge in [-0.2, -0.15) is 17.4 Å². The lowest BCUT2D eigenvalue weighted by molar-refractivity contribution is -0.144. The lowest BCUT2D eigenvalue weighted by atomic mass is 10.1. The van der Waals surface area contributed by atoms with Crippen molar-refractivity contribution in [2.75, 3.05) is 7.11 Å². The third-order valence-corrected chi connectivity index (χ3v) is 6.90. The number of rotatable bonds is 6. The topological polar surface area (TPSA) is 61.9 Å². The average Bonchev–Trinajstić information content (AvgIpc) is 3.16. The van der Waals surface area contributed by atoms with Gasteiger partial charge in [-0.25, -0.2) is 14.4 Å². The van der Waals surface area contributed by atoms with Crippen molar-refractivity contribution in [2.24, 2.45) is 7.05 Å².